The standard InChI is InChI=1S/C15H17N3O3/c1-10-8-14(17-21-10)16-15(20)9-12-4-6-13(7-5-12)18(3)11(2)19/h4-8H,9H2,1-3H3,(H,16,17,20). The number of anilines is 2. The van der Waals surface area contributed by atoms with Crippen molar-refractivity contribution in [2.45, 2.75) is 20.3 Å². The molecular formula is C15H17N3O3. The van der Waals surface area contributed by atoms with Crippen LogP contribution in [0.25, 0.3) is 0 Å². The lowest BCUT2D eigenvalue weighted by Crippen LogP contribution is -2.22. The first-order valence-electron chi connectivity index (χ1n) is 6.52. The molecule has 0 spiro atoms. The van der Waals surface area contributed by atoms with Crippen LogP contribution in [0.1, 0.15) is 18.2 Å². The molecule has 110 valence electrons. The number of carbonyl (C=O) groups is 2. The van der Waals surface area contributed by atoms with E-state index >= 15 is 0 Å². The molecule has 0 radical (unpaired) electrons. The summed E-state index contributed by atoms with van der Waals surface area (Å²) in [5, 5.41) is 6.36. The summed E-state index contributed by atoms with van der Waals surface area (Å²) in [6, 6.07) is 8.92. The Labute approximate surface area is 122 Å². The maximum Gasteiger partial charge on any atom is 0.230 e. The van der Waals surface area contributed by atoms with Crippen molar-refractivity contribution < 1.29 is 14.1 Å². The molecule has 0 saturated carbocycles. The van der Waals surface area contributed by atoms with Gasteiger partial charge in [-0.05, 0) is 24.6 Å². The number of rotatable bonds is 4. The Balaban J connectivity index is 1.96. The van der Waals surface area contributed by atoms with Gasteiger partial charge in [0.2, 0.25) is 11.8 Å². The second-order valence-corrected chi connectivity index (χ2v) is 4.79. The Hall–Kier alpha value is -2.63. The Kier molecular flexibility index (Phi) is 4.37. The van der Waals surface area contributed by atoms with Gasteiger partial charge in [-0.15, -0.1) is 0 Å². The highest BCUT2D eigenvalue weighted by Gasteiger charge is 2.09. The van der Waals surface area contributed by atoms with E-state index in [2.05, 4.69) is 10.5 Å². The summed E-state index contributed by atoms with van der Waals surface area (Å²) in [6.07, 6.45) is 0.232. The molecular weight excluding hydrogens is 270 g/mol. The molecule has 1 N–H and O–H groups in total. The molecule has 0 unspecified atom stereocenters. The molecule has 0 fully saturated rings. The van der Waals surface area contributed by atoms with Crippen LogP contribution < -0.4 is 10.2 Å². The smallest absolute Gasteiger partial charge is 0.230 e. The minimum atomic E-state index is -0.170. The predicted molar refractivity (Wildman–Crippen MR) is 79.1 cm³/mol. The summed E-state index contributed by atoms with van der Waals surface area (Å²) < 4.78 is 4.88. The largest absolute Gasteiger partial charge is 0.360 e. The minimum absolute atomic E-state index is 0.0399. The fourth-order valence-electron chi connectivity index (χ4n) is 1.82. The van der Waals surface area contributed by atoms with Crippen molar-refractivity contribution in [2.24, 2.45) is 0 Å². The number of hydrogen-bond acceptors (Lipinski definition) is 4. The van der Waals surface area contributed by atoms with Gasteiger partial charge in [0.1, 0.15) is 5.76 Å². The fourth-order valence-corrected chi connectivity index (χ4v) is 1.82. The van der Waals surface area contributed by atoms with Gasteiger partial charge < -0.3 is 14.7 Å². The van der Waals surface area contributed by atoms with Gasteiger partial charge in [0.05, 0.1) is 6.42 Å². The second kappa shape index (κ2) is 6.21. The molecule has 2 rings (SSSR count). The van der Waals surface area contributed by atoms with Crippen molar-refractivity contribution in [3.63, 3.8) is 0 Å². The third-order valence-electron chi connectivity index (χ3n) is 3.06. The van der Waals surface area contributed by atoms with E-state index in [4.69, 9.17) is 4.52 Å². The number of amides is 2. The molecule has 0 saturated heterocycles. The number of hydrogen-bond donors (Lipinski definition) is 1. The summed E-state index contributed by atoms with van der Waals surface area (Å²) in [7, 11) is 1.71. The van der Waals surface area contributed by atoms with Crippen LogP contribution in [-0.2, 0) is 16.0 Å². The summed E-state index contributed by atoms with van der Waals surface area (Å²) in [5.74, 6) is 0.838. The number of nitrogens with one attached hydrogen (secondary N) is 1. The summed E-state index contributed by atoms with van der Waals surface area (Å²) in [6.45, 7) is 3.26. The van der Waals surface area contributed by atoms with E-state index < -0.39 is 0 Å². The van der Waals surface area contributed by atoms with Gasteiger partial charge in [0.15, 0.2) is 5.82 Å². The van der Waals surface area contributed by atoms with Crippen LogP contribution in [0.15, 0.2) is 34.9 Å². The SMILES string of the molecule is CC(=O)N(C)c1ccc(CC(=O)Nc2cc(C)on2)cc1. The van der Waals surface area contributed by atoms with Crippen LogP contribution in [-0.4, -0.2) is 24.0 Å². The van der Waals surface area contributed by atoms with Gasteiger partial charge in [-0.1, -0.05) is 17.3 Å². The molecule has 1 aromatic heterocycles. The first-order valence-corrected chi connectivity index (χ1v) is 6.52. The summed E-state index contributed by atoms with van der Waals surface area (Å²) >= 11 is 0. The van der Waals surface area contributed by atoms with Crippen molar-refractivity contribution >= 4 is 23.3 Å². The topological polar surface area (TPSA) is 75.4 Å². The van der Waals surface area contributed by atoms with Gasteiger partial charge >= 0.3 is 0 Å². The zero-order chi connectivity index (χ0) is 15.4. The lowest BCUT2D eigenvalue weighted by atomic mass is 10.1. The number of nitrogens with zero attached hydrogens (tertiary/aromatic N) is 2. The van der Waals surface area contributed by atoms with E-state index in [1.807, 2.05) is 24.3 Å². The lowest BCUT2D eigenvalue weighted by molar-refractivity contribution is -0.116. The Bertz CT molecular complexity index is 646. The first-order chi connectivity index (χ1) is 9.95. The van der Waals surface area contributed by atoms with Crippen LogP contribution in [0.5, 0.6) is 0 Å². The van der Waals surface area contributed by atoms with Crippen molar-refractivity contribution in [1.82, 2.24) is 5.16 Å². The normalized spacial score (nSPS) is 10.2. The van der Waals surface area contributed by atoms with Gasteiger partial charge in [0, 0.05) is 25.7 Å². The Morgan fingerprint density at radius 3 is 2.48 bits per heavy atom. The van der Waals surface area contributed by atoms with E-state index in [1.54, 1.807) is 24.9 Å². The number of carbonyl (C=O) groups excluding carboxylic acids is 2. The van der Waals surface area contributed by atoms with Crippen LogP contribution in [0.4, 0.5) is 11.5 Å². The molecule has 6 nitrogen and oxygen atoms in total. The monoisotopic (exact) mass is 287 g/mol. The van der Waals surface area contributed by atoms with Crippen molar-refractivity contribution in [1.29, 1.82) is 0 Å². The predicted octanol–water partition coefficient (Wildman–Crippen LogP) is 2.15. The minimum Gasteiger partial charge on any atom is -0.360 e. The van der Waals surface area contributed by atoms with E-state index in [0.717, 1.165) is 11.3 Å². The lowest BCUT2D eigenvalue weighted by Gasteiger charge is -2.15. The van der Waals surface area contributed by atoms with E-state index in [9.17, 15) is 9.59 Å². The van der Waals surface area contributed by atoms with Crippen LogP contribution in [0.2, 0.25) is 0 Å². The second-order valence-electron chi connectivity index (χ2n) is 4.79. The molecule has 0 aliphatic heterocycles. The molecule has 21 heavy (non-hydrogen) atoms. The molecule has 1 aromatic carbocycles. The van der Waals surface area contributed by atoms with Crippen molar-refractivity contribution in [2.75, 3.05) is 17.3 Å². The summed E-state index contributed by atoms with van der Waals surface area (Å²) in [5.41, 5.74) is 1.65. The Morgan fingerprint density at radius 2 is 1.95 bits per heavy atom. The van der Waals surface area contributed by atoms with Gasteiger partial charge in [0.25, 0.3) is 0 Å². The zero-order valence-electron chi connectivity index (χ0n) is 12.2. The number of benzene rings is 1. The van der Waals surface area contributed by atoms with Gasteiger partial charge in [-0.2, -0.15) is 0 Å². The maximum absolute atomic E-state index is 11.9. The molecule has 6 heteroatoms. The van der Waals surface area contributed by atoms with E-state index in [1.165, 1.54) is 6.92 Å². The molecule has 2 amide bonds. The molecule has 1 heterocycles. The third kappa shape index (κ3) is 3.92. The fraction of sp³-hybridized carbons (Fsp3) is 0.267. The molecule has 0 aliphatic carbocycles. The average molecular weight is 287 g/mol. The van der Waals surface area contributed by atoms with Gasteiger partial charge in [-0.3, -0.25) is 9.59 Å². The van der Waals surface area contributed by atoms with Gasteiger partial charge in [-0.25, -0.2) is 0 Å². The summed E-state index contributed by atoms with van der Waals surface area (Å²) in [4.78, 5) is 24.7. The van der Waals surface area contributed by atoms with Crippen LogP contribution in [0.3, 0.4) is 0 Å². The average Bonchev–Trinajstić information content (AvgIpc) is 2.83. The van der Waals surface area contributed by atoms with Crippen LogP contribution in [0, 0.1) is 6.92 Å². The highest BCUT2D eigenvalue weighted by Crippen LogP contribution is 2.15. The number of aryl methyl sites for hydroxylation is 1. The highest BCUT2D eigenvalue weighted by atomic mass is 16.5. The van der Waals surface area contributed by atoms with Crippen molar-refractivity contribution in [3.8, 4) is 0 Å². The molecule has 0 aliphatic rings. The number of aromatic nitrogens is 1. The van der Waals surface area contributed by atoms with Crippen LogP contribution >= 0.6 is 0 Å². The first kappa shape index (κ1) is 14.8. The van der Waals surface area contributed by atoms with Crippen molar-refractivity contribution in [3.05, 3.63) is 41.7 Å². The molecule has 2 aromatic rings. The quantitative estimate of drug-likeness (QED) is 0.934. The molecule has 0 bridgehead atoms. The van der Waals surface area contributed by atoms with E-state index in [0.29, 0.717) is 11.6 Å². The Morgan fingerprint density at radius 1 is 1.29 bits per heavy atom. The highest BCUT2D eigenvalue weighted by molar-refractivity contribution is 5.92. The molecule has 0 atom stereocenters. The maximum atomic E-state index is 11.9. The zero-order valence-corrected chi connectivity index (χ0v) is 12.2. The third-order valence-corrected chi connectivity index (χ3v) is 3.06. The van der Waals surface area contributed by atoms with E-state index in [-0.39, 0.29) is 18.2 Å².